The van der Waals surface area contributed by atoms with E-state index in [0.717, 1.165) is 0 Å². The summed E-state index contributed by atoms with van der Waals surface area (Å²) in [5.41, 5.74) is 0.0793. The van der Waals surface area contributed by atoms with Gasteiger partial charge >= 0.3 is 25.7 Å². The minimum Gasteiger partial charge on any atom is -0.432 e. The molecule has 3 N–H and O–H groups in total. The summed E-state index contributed by atoms with van der Waals surface area (Å²) in [5.74, 6) is -2.68. The summed E-state index contributed by atoms with van der Waals surface area (Å²) in [6.07, 6.45) is -3.32. The molecule has 0 aliphatic carbocycles. The SMILES string of the molecule is C=C(CCCO)C(=O)OC(C)OP(=O)(OC(C)OC(=O)C(=C)CCCO)OC(C)OC(=O)C(=C)CCCO. The summed E-state index contributed by atoms with van der Waals surface area (Å²) in [5, 5.41) is 26.7. The Morgan fingerprint density at radius 3 is 1.05 bits per heavy atom. The van der Waals surface area contributed by atoms with Crippen molar-refractivity contribution in [2.75, 3.05) is 19.8 Å². The first-order valence-electron chi connectivity index (χ1n) is 11.9. The van der Waals surface area contributed by atoms with Crippen LogP contribution in [-0.4, -0.2) is 71.9 Å². The number of carbonyl (C=O) groups is 3. The van der Waals surface area contributed by atoms with Gasteiger partial charge in [-0.15, -0.1) is 0 Å². The normalized spacial score (nSPS) is 14.9. The summed E-state index contributed by atoms with van der Waals surface area (Å²) in [7, 11) is -4.75. The number of aliphatic hydroxyl groups excluding tert-OH is 3. The standard InChI is InChI=1S/C24H39O13P/c1-16(10-7-13-25)22(28)32-19(4)35-38(31,36-20(5)33-23(29)17(2)11-8-14-26)37-21(6)34-24(30)18(3)12-9-15-27/h19-21,25-27H,1-3,7-15H2,4-6H3. The largest absolute Gasteiger partial charge is 0.484 e. The van der Waals surface area contributed by atoms with E-state index in [1.54, 1.807) is 0 Å². The number of phosphoric acid groups is 1. The summed E-state index contributed by atoms with van der Waals surface area (Å²) >= 11 is 0. The highest BCUT2D eigenvalue weighted by Gasteiger charge is 2.37. The highest BCUT2D eigenvalue weighted by molar-refractivity contribution is 7.48. The van der Waals surface area contributed by atoms with Crippen LogP contribution in [0.2, 0.25) is 0 Å². The molecule has 14 heteroatoms. The van der Waals surface area contributed by atoms with Crippen LogP contribution in [0, 0.1) is 0 Å². The minimum atomic E-state index is -4.75. The number of aliphatic hydroxyl groups is 3. The average molecular weight is 567 g/mol. The third kappa shape index (κ3) is 15.1. The second-order valence-corrected chi connectivity index (χ2v) is 9.50. The number of phosphoric ester groups is 1. The van der Waals surface area contributed by atoms with E-state index in [4.69, 9.17) is 43.1 Å². The van der Waals surface area contributed by atoms with Gasteiger partial charge in [0.25, 0.3) is 0 Å². The molecule has 0 aromatic rings. The molecule has 218 valence electrons. The van der Waals surface area contributed by atoms with Gasteiger partial charge in [0.2, 0.25) is 18.9 Å². The minimum absolute atomic E-state index is 0.0264. The molecule has 0 heterocycles. The Morgan fingerprint density at radius 1 is 0.605 bits per heavy atom. The van der Waals surface area contributed by atoms with Crippen molar-refractivity contribution in [1.29, 1.82) is 0 Å². The van der Waals surface area contributed by atoms with Gasteiger partial charge in [-0.1, -0.05) is 19.7 Å². The molecular formula is C24H39O13P. The van der Waals surface area contributed by atoms with E-state index in [0.29, 0.717) is 0 Å². The zero-order valence-corrected chi connectivity index (χ0v) is 23.0. The lowest BCUT2D eigenvalue weighted by molar-refractivity contribution is -0.174. The van der Waals surface area contributed by atoms with Gasteiger partial charge < -0.3 is 29.5 Å². The molecule has 0 rings (SSSR count). The van der Waals surface area contributed by atoms with Crippen molar-refractivity contribution in [2.24, 2.45) is 0 Å². The lowest BCUT2D eigenvalue weighted by Crippen LogP contribution is -2.26. The van der Waals surface area contributed by atoms with Crippen molar-refractivity contribution in [3.05, 3.63) is 36.5 Å². The van der Waals surface area contributed by atoms with E-state index < -0.39 is 44.6 Å². The molecular weight excluding hydrogens is 527 g/mol. The number of carbonyl (C=O) groups excluding carboxylic acids is 3. The van der Waals surface area contributed by atoms with Gasteiger partial charge in [0.1, 0.15) is 0 Å². The zero-order valence-electron chi connectivity index (χ0n) is 22.1. The van der Waals surface area contributed by atoms with Crippen molar-refractivity contribution in [3.8, 4) is 0 Å². The molecule has 3 atom stereocenters. The molecule has 0 aromatic carbocycles. The van der Waals surface area contributed by atoms with Crippen LogP contribution < -0.4 is 0 Å². The molecule has 0 amide bonds. The molecule has 0 radical (unpaired) electrons. The number of esters is 3. The highest BCUT2D eigenvalue weighted by Crippen LogP contribution is 2.53. The maximum atomic E-state index is 13.4. The van der Waals surface area contributed by atoms with Crippen molar-refractivity contribution in [3.63, 3.8) is 0 Å². The summed E-state index contributed by atoms with van der Waals surface area (Å²) < 4.78 is 44.1. The predicted molar refractivity (Wildman–Crippen MR) is 134 cm³/mol. The number of rotatable bonds is 21. The molecule has 0 saturated heterocycles. The summed E-state index contributed by atoms with van der Waals surface area (Å²) in [4.78, 5) is 36.5. The molecule has 3 unspecified atom stereocenters. The Morgan fingerprint density at radius 2 is 0.842 bits per heavy atom. The van der Waals surface area contributed by atoms with Crippen LogP contribution in [0.3, 0.4) is 0 Å². The fourth-order valence-corrected chi connectivity index (χ4v) is 3.94. The average Bonchev–Trinajstić information content (AvgIpc) is 2.82. The van der Waals surface area contributed by atoms with E-state index in [9.17, 15) is 18.9 Å². The molecule has 0 aliphatic rings. The van der Waals surface area contributed by atoms with Crippen molar-refractivity contribution in [2.45, 2.75) is 78.2 Å². The molecule has 38 heavy (non-hydrogen) atoms. The second-order valence-electron chi connectivity index (χ2n) is 7.97. The third-order valence-corrected chi connectivity index (χ3v) is 6.09. The second kappa shape index (κ2) is 18.8. The maximum absolute atomic E-state index is 13.4. The molecule has 13 nitrogen and oxygen atoms in total. The predicted octanol–water partition coefficient (Wildman–Crippen LogP) is 2.80. The first-order valence-corrected chi connectivity index (χ1v) is 13.4. The van der Waals surface area contributed by atoms with Crippen LogP contribution >= 0.6 is 7.82 Å². The molecule has 0 spiro atoms. The van der Waals surface area contributed by atoms with Gasteiger partial charge in [-0.25, -0.2) is 32.5 Å². The van der Waals surface area contributed by atoms with Crippen LogP contribution in [0.25, 0.3) is 0 Å². The quantitative estimate of drug-likeness (QED) is 0.0606. The van der Waals surface area contributed by atoms with Gasteiger partial charge in [0, 0.05) is 36.5 Å². The Hall–Kier alpha value is -2.38. The van der Waals surface area contributed by atoms with E-state index in [-0.39, 0.29) is 75.1 Å². The maximum Gasteiger partial charge on any atom is 0.484 e. The van der Waals surface area contributed by atoms with Gasteiger partial charge in [0.05, 0.1) is 0 Å². The summed E-state index contributed by atoms with van der Waals surface area (Å²) in [6.45, 7) is 13.8. The van der Waals surface area contributed by atoms with Gasteiger partial charge in [-0.2, -0.15) is 0 Å². The molecule has 0 aliphatic heterocycles. The molecule has 0 bridgehead atoms. The monoisotopic (exact) mass is 566 g/mol. The molecule has 0 aromatic heterocycles. The lowest BCUT2D eigenvalue weighted by atomic mass is 10.2. The van der Waals surface area contributed by atoms with E-state index >= 15 is 0 Å². The van der Waals surface area contributed by atoms with Crippen molar-refractivity contribution < 1.29 is 62.1 Å². The van der Waals surface area contributed by atoms with Gasteiger partial charge in [0.15, 0.2) is 0 Å². The summed E-state index contributed by atoms with van der Waals surface area (Å²) in [6, 6.07) is 0. The lowest BCUT2D eigenvalue weighted by Gasteiger charge is -2.26. The van der Waals surface area contributed by atoms with Crippen LogP contribution in [0.1, 0.15) is 59.3 Å². The molecule has 0 saturated carbocycles. The number of hydrogen-bond acceptors (Lipinski definition) is 13. The van der Waals surface area contributed by atoms with Gasteiger partial charge in [-0.05, 0) is 59.3 Å². The topological polar surface area (TPSA) is 184 Å². The Bertz CT molecular complexity index is 760. The first-order chi connectivity index (χ1) is 17.8. The van der Waals surface area contributed by atoms with E-state index in [1.165, 1.54) is 20.8 Å². The molecule has 0 fully saturated rings. The smallest absolute Gasteiger partial charge is 0.432 e. The van der Waals surface area contributed by atoms with Crippen molar-refractivity contribution >= 4 is 25.7 Å². The number of hydrogen-bond donors (Lipinski definition) is 3. The van der Waals surface area contributed by atoms with E-state index in [2.05, 4.69) is 19.7 Å². The third-order valence-electron chi connectivity index (χ3n) is 4.43. The van der Waals surface area contributed by atoms with Gasteiger partial charge in [-0.3, -0.25) is 0 Å². The van der Waals surface area contributed by atoms with Crippen molar-refractivity contribution in [1.82, 2.24) is 0 Å². The number of ether oxygens (including phenoxy) is 3. The first kappa shape index (κ1) is 35.6. The Balaban J connectivity index is 5.47. The van der Waals surface area contributed by atoms with Crippen LogP contribution in [0.5, 0.6) is 0 Å². The van der Waals surface area contributed by atoms with Crippen LogP contribution in [-0.2, 0) is 46.7 Å². The zero-order chi connectivity index (χ0) is 29.3. The Labute approximate surface area is 222 Å². The fraction of sp³-hybridized carbons (Fsp3) is 0.625. The van der Waals surface area contributed by atoms with Crippen LogP contribution in [0.4, 0.5) is 0 Å². The van der Waals surface area contributed by atoms with Crippen LogP contribution in [0.15, 0.2) is 36.5 Å². The van der Waals surface area contributed by atoms with E-state index in [1.807, 2.05) is 0 Å². The highest BCUT2D eigenvalue weighted by atomic mass is 31.2. The fourth-order valence-electron chi connectivity index (χ4n) is 2.57. The Kier molecular flexibility index (Phi) is 17.6.